The summed E-state index contributed by atoms with van der Waals surface area (Å²) in [6, 6.07) is -0.456. The van der Waals surface area contributed by atoms with E-state index in [1.54, 1.807) is 0 Å². The molecule has 62 heavy (non-hydrogen) atoms. The third-order valence-corrected chi connectivity index (χ3v) is 29.7. The molecule has 10 rings (SSSR count). The van der Waals surface area contributed by atoms with Gasteiger partial charge in [-0.3, -0.25) is 4.79 Å². The summed E-state index contributed by atoms with van der Waals surface area (Å²) in [5.41, 5.74) is 13.4. The van der Waals surface area contributed by atoms with Crippen molar-refractivity contribution in [3.8, 4) is 0 Å². The van der Waals surface area contributed by atoms with E-state index in [0.29, 0.717) is 30.5 Å². The van der Waals surface area contributed by atoms with E-state index < -0.39 is 34.4 Å². The number of fused-ring (bicyclic) bond motifs is 2. The minimum Gasteiger partial charge on any atom is -0.413 e. The van der Waals surface area contributed by atoms with Gasteiger partial charge in [0.1, 0.15) is 0 Å². The third kappa shape index (κ3) is 6.62. The summed E-state index contributed by atoms with van der Waals surface area (Å²) < 4.78 is 28.4. The standard InChI is InChI=1S/C25H37BrO3Si.C25H39N3O3Si/c1-22(2,3)30(5,6)28-21-8-7-20-23(21,4)10-9-16-13-17-14-19(27)18(26)15-24(17)11-12-25(16,20)29-24;1-22(2,3)32(5,6)30-21-8-7-20-23(21,4)10-9-16-13-17-14-19(29)18(27-28-26)15-24(17)11-12-25(16,20)31-24/h13-14,18,20-21H,7-12,15H2,1-6H3;13-14,18-21,29H,7-12,15H2,1-6H3/t18-,20-,21+,23+,24-,25-;18-,19-,20+,21-,23-,24+,25+/m10/s1. The van der Waals surface area contributed by atoms with Crippen molar-refractivity contribution in [3.63, 3.8) is 0 Å². The molecular weight excluding hydrogens is 875 g/mol. The Kier molecular flexibility index (Phi) is 10.8. The van der Waals surface area contributed by atoms with Crippen LogP contribution in [0, 0.1) is 22.7 Å². The molecule has 13 atom stereocenters. The van der Waals surface area contributed by atoms with E-state index in [1.807, 2.05) is 12.2 Å². The third-order valence-electron chi connectivity index (χ3n) is 19.9. The number of rotatable bonds is 5. The first-order valence-corrected chi connectivity index (χ1v) is 31.0. The van der Waals surface area contributed by atoms with Crippen molar-refractivity contribution in [1.29, 1.82) is 0 Å². The molecule has 0 aromatic heterocycles. The second-order valence-corrected chi connectivity index (χ2v) is 35.7. The molecule has 12 heteroatoms. The van der Waals surface area contributed by atoms with Gasteiger partial charge in [0.15, 0.2) is 22.4 Å². The fourth-order valence-corrected chi connectivity index (χ4v) is 17.8. The van der Waals surface area contributed by atoms with Crippen LogP contribution in [0.2, 0.25) is 36.3 Å². The second-order valence-electron chi connectivity index (χ2n) is 25.1. The Morgan fingerprint density at radius 3 is 1.68 bits per heavy atom. The number of nitrogens with zero attached hydrogens (tertiary/aromatic N) is 3. The summed E-state index contributed by atoms with van der Waals surface area (Å²) in [4.78, 5) is 15.2. The zero-order chi connectivity index (χ0) is 44.9. The van der Waals surface area contributed by atoms with Crippen molar-refractivity contribution in [2.45, 2.75) is 233 Å². The van der Waals surface area contributed by atoms with Crippen LogP contribution < -0.4 is 0 Å². The van der Waals surface area contributed by atoms with Crippen LogP contribution in [0.1, 0.15) is 145 Å². The van der Waals surface area contributed by atoms with Crippen LogP contribution in [0.3, 0.4) is 0 Å². The van der Waals surface area contributed by atoms with Crippen LogP contribution in [0.5, 0.6) is 0 Å². The van der Waals surface area contributed by atoms with E-state index in [2.05, 4.69) is 120 Å². The average Bonchev–Trinajstić information content (AvgIpc) is 3.88. The number of azide groups is 1. The van der Waals surface area contributed by atoms with Crippen LogP contribution >= 0.6 is 15.9 Å². The lowest BCUT2D eigenvalue weighted by Gasteiger charge is -2.56. The van der Waals surface area contributed by atoms with E-state index >= 15 is 0 Å². The summed E-state index contributed by atoms with van der Waals surface area (Å²) in [7, 11) is -3.67. The van der Waals surface area contributed by atoms with E-state index in [4.69, 9.17) is 23.9 Å². The minimum atomic E-state index is -1.86. The van der Waals surface area contributed by atoms with Crippen molar-refractivity contribution < 1.29 is 28.2 Å². The van der Waals surface area contributed by atoms with Gasteiger partial charge >= 0.3 is 0 Å². The number of aliphatic hydroxyl groups excluding tert-OH is 1. The van der Waals surface area contributed by atoms with Gasteiger partial charge in [-0.1, -0.05) is 88.6 Å². The van der Waals surface area contributed by atoms with E-state index in [1.165, 1.54) is 24.0 Å². The van der Waals surface area contributed by atoms with Gasteiger partial charge in [-0.25, -0.2) is 0 Å². The summed E-state index contributed by atoms with van der Waals surface area (Å²) in [6.07, 6.45) is 22.8. The van der Waals surface area contributed by atoms with Gasteiger partial charge in [-0.05, 0) is 182 Å². The molecule has 4 aliphatic heterocycles. The molecule has 9 nitrogen and oxygen atoms in total. The van der Waals surface area contributed by atoms with Crippen molar-refractivity contribution >= 4 is 38.3 Å². The topological polar surface area (TPSA) is 123 Å². The van der Waals surface area contributed by atoms with Gasteiger partial charge in [-0.15, -0.1) is 0 Å². The Hall–Kier alpha value is -1.35. The first-order valence-electron chi connectivity index (χ1n) is 24.2. The Morgan fingerprint density at radius 2 is 1.21 bits per heavy atom. The highest BCUT2D eigenvalue weighted by molar-refractivity contribution is 9.10. The van der Waals surface area contributed by atoms with Gasteiger partial charge in [0, 0.05) is 11.3 Å². The Morgan fingerprint density at radius 1 is 0.742 bits per heavy atom. The fraction of sp³-hybridized carbons (Fsp3) is 0.820. The maximum atomic E-state index is 12.3. The lowest BCUT2D eigenvalue weighted by atomic mass is 9.58. The molecule has 4 spiro atoms. The quantitative estimate of drug-likeness (QED) is 0.0963. The molecule has 6 aliphatic carbocycles. The molecule has 1 N–H and O–H groups in total. The number of ether oxygens (including phenoxy) is 2. The summed E-state index contributed by atoms with van der Waals surface area (Å²) in [6.45, 7) is 28.5. The molecule has 6 fully saturated rings. The van der Waals surface area contributed by atoms with E-state index in [9.17, 15) is 9.90 Å². The number of hydrogen-bond donors (Lipinski definition) is 1. The molecule has 0 amide bonds. The van der Waals surface area contributed by atoms with Crippen LogP contribution in [0.4, 0.5) is 0 Å². The number of hydrogen-bond acceptors (Lipinski definition) is 7. The zero-order valence-corrected chi connectivity index (χ0v) is 43.5. The number of aliphatic hydroxyl groups is 1. The second kappa shape index (κ2) is 14.6. The summed E-state index contributed by atoms with van der Waals surface area (Å²) >= 11 is 3.61. The number of carbonyl (C=O) groups is 1. The van der Waals surface area contributed by atoms with Crippen molar-refractivity contribution in [3.05, 3.63) is 57.0 Å². The molecule has 4 bridgehead atoms. The lowest BCUT2D eigenvalue weighted by Crippen LogP contribution is -2.57. The number of alkyl halides is 1. The molecule has 4 saturated carbocycles. The molecule has 10 aliphatic rings. The zero-order valence-electron chi connectivity index (χ0n) is 40.0. The maximum absolute atomic E-state index is 12.3. The van der Waals surface area contributed by atoms with Crippen molar-refractivity contribution in [1.82, 2.24) is 0 Å². The largest absolute Gasteiger partial charge is 0.413 e. The Balaban J connectivity index is 0.000000158. The van der Waals surface area contributed by atoms with Crippen LogP contribution in [-0.2, 0) is 23.1 Å². The number of carbonyl (C=O) groups excluding carboxylic acids is 1. The highest BCUT2D eigenvalue weighted by atomic mass is 79.9. The first-order chi connectivity index (χ1) is 28.7. The maximum Gasteiger partial charge on any atom is 0.192 e. The van der Waals surface area contributed by atoms with Crippen LogP contribution in [0.25, 0.3) is 10.4 Å². The molecule has 342 valence electrons. The van der Waals surface area contributed by atoms with Crippen molar-refractivity contribution in [2.75, 3.05) is 0 Å². The molecule has 4 heterocycles. The van der Waals surface area contributed by atoms with Crippen LogP contribution in [0.15, 0.2) is 51.7 Å². The SMILES string of the molecule is CC(C)(C)[Si](C)(C)O[C@H]1CC[C@@H]2[C@]1(C)CCC1=CC3=CC(=O)[C@H](Br)C[C@]34CC[C@@]12O4.CC(C)(C)[Si](C)(C)O[C@H]1CC[C@@H]2[C@]1(C)CCC1=CC3=C[C@H](O)[C@@H](N=[N+]=[N-])C[C@]34CC[C@@]12O4. The van der Waals surface area contributed by atoms with Gasteiger partial charge in [0.25, 0.3) is 0 Å². The van der Waals surface area contributed by atoms with Gasteiger partial charge in [0.2, 0.25) is 0 Å². The molecule has 0 radical (unpaired) electrons. The summed E-state index contributed by atoms with van der Waals surface area (Å²) in [5, 5.41) is 14.9. The molecule has 0 aromatic carbocycles. The fourth-order valence-electron chi connectivity index (χ4n) is 14.2. The molecule has 0 aromatic rings. The highest BCUT2D eigenvalue weighted by Gasteiger charge is 2.70. The summed E-state index contributed by atoms with van der Waals surface area (Å²) in [5.74, 6) is 1.17. The minimum absolute atomic E-state index is 0.112. The Labute approximate surface area is 382 Å². The normalized spacial score (nSPS) is 45.3. The number of halogens is 1. The van der Waals surface area contributed by atoms with E-state index in [0.717, 1.165) is 81.8 Å². The predicted molar refractivity (Wildman–Crippen MR) is 254 cm³/mol. The first kappa shape index (κ1) is 45.8. The van der Waals surface area contributed by atoms with E-state index in [-0.39, 0.29) is 48.3 Å². The molecule has 2 saturated heterocycles. The molecular formula is C50H76BrN3O6Si2. The van der Waals surface area contributed by atoms with Crippen molar-refractivity contribution in [2.24, 2.45) is 27.8 Å². The smallest absolute Gasteiger partial charge is 0.192 e. The lowest BCUT2D eigenvalue weighted by molar-refractivity contribution is -0.151. The van der Waals surface area contributed by atoms with Gasteiger partial charge < -0.3 is 23.4 Å². The number of allylic oxidation sites excluding steroid dienone is 1. The van der Waals surface area contributed by atoms with Gasteiger partial charge in [0.05, 0.1) is 51.6 Å². The predicted octanol–water partition coefficient (Wildman–Crippen LogP) is 12.7. The monoisotopic (exact) mass is 949 g/mol. The number of ketones is 1. The Bertz CT molecular complexity index is 2080. The highest BCUT2D eigenvalue weighted by Crippen LogP contribution is 2.70. The molecule has 0 unspecified atom stereocenters. The average molecular weight is 951 g/mol. The van der Waals surface area contributed by atoms with Crippen LogP contribution in [-0.4, -0.2) is 79.1 Å². The van der Waals surface area contributed by atoms with Gasteiger partial charge in [-0.2, -0.15) is 0 Å².